The Hall–Kier alpha value is -0.200. The molecular weight excluding hydrogens is 186 g/mol. The molecule has 3 N–H and O–H groups in total. The lowest BCUT2D eigenvalue weighted by atomic mass is 10.1. The van der Waals surface area contributed by atoms with Gasteiger partial charge in [0.15, 0.2) is 0 Å². The van der Waals surface area contributed by atoms with E-state index < -0.39 is 24.4 Å². The van der Waals surface area contributed by atoms with Crippen LogP contribution in [0.3, 0.4) is 0 Å². The first-order valence-corrected chi connectivity index (χ1v) is 4.91. The minimum absolute atomic E-state index is 0.259. The Kier molecular flexibility index (Phi) is 4.28. The Labute approximate surface area is 83.9 Å². The minimum atomic E-state index is -0.977. The number of likely N-dealkylation sites (N-methyl/N-ethyl adjacent to an activating group) is 1. The first kappa shape index (κ1) is 11.9. The van der Waals surface area contributed by atoms with Crippen LogP contribution >= 0.6 is 0 Å². The van der Waals surface area contributed by atoms with Crippen molar-refractivity contribution in [1.82, 2.24) is 4.90 Å². The second-order valence-electron chi connectivity index (χ2n) is 3.73. The van der Waals surface area contributed by atoms with Gasteiger partial charge in [0, 0.05) is 6.54 Å². The van der Waals surface area contributed by atoms with E-state index >= 15 is 0 Å². The Morgan fingerprint density at radius 3 is 2.21 bits per heavy atom. The Morgan fingerprint density at radius 2 is 1.79 bits per heavy atom. The van der Waals surface area contributed by atoms with Gasteiger partial charge in [0.1, 0.15) is 18.3 Å². The van der Waals surface area contributed by atoms with Crippen molar-refractivity contribution in [3.63, 3.8) is 0 Å². The molecule has 14 heavy (non-hydrogen) atoms. The van der Waals surface area contributed by atoms with Crippen LogP contribution < -0.4 is 0 Å². The Balaban J connectivity index is 2.48. The lowest BCUT2D eigenvalue weighted by Gasteiger charge is -2.21. The number of hydrogen-bond donors (Lipinski definition) is 3. The fraction of sp³-hybridized carbons (Fsp3) is 1.00. The second-order valence-corrected chi connectivity index (χ2v) is 3.73. The molecule has 1 saturated heterocycles. The molecule has 1 rings (SSSR count). The number of hydrogen-bond acceptors (Lipinski definition) is 5. The zero-order valence-electron chi connectivity index (χ0n) is 8.63. The van der Waals surface area contributed by atoms with E-state index in [0.717, 1.165) is 6.54 Å². The molecule has 1 aliphatic rings. The van der Waals surface area contributed by atoms with Crippen LogP contribution in [0.4, 0.5) is 0 Å². The fourth-order valence-corrected chi connectivity index (χ4v) is 1.56. The smallest absolute Gasteiger partial charge is 0.111 e. The molecule has 1 fully saturated rings. The highest BCUT2D eigenvalue weighted by molar-refractivity contribution is 4.91. The van der Waals surface area contributed by atoms with Crippen molar-refractivity contribution in [3.05, 3.63) is 0 Å². The summed E-state index contributed by atoms with van der Waals surface area (Å²) in [4.78, 5) is 1.99. The van der Waals surface area contributed by atoms with Crippen LogP contribution in [0.25, 0.3) is 0 Å². The van der Waals surface area contributed by atoms with Crippen LogP contribution in [-0.2, 0) is 4.74 Å². The predicted molar refractivity (Wildman–Crippen MR) is 50.9 cm³/mol. The zero-order chi connectivity index (χ0) is 10.7. The molecule has 0 saturated carbocycles. The van der Waals surface area contributed by atoms with Crippen LogP contribution in [0.2, 0.25) is 0 Å². The van der Waals surface area contributed by atoms with E-state index in [4.69, 9.17) is 9.84 Å². The SMILES string of the molecule is CCN(C)C[C@@H]1O[C@H](CO)[C@@H](O)[C@@H]1O. The van der Waals surface area contributed by atoms with Gasteiger partial charge in [-0.15, -0.1) is 0 Å². The molecule has 0 aromatic heterocycles. The van der Waals surface area contributed by atoms with E-state index in [-0.39, 0.29) is 6.61 Å². The fourth-order valence-electron chi connectivity index (χ4n) is 1.56. The van der Waals surface area contributed by atoms with E-state index in [9.17, 15) is 10.2 Å². The minimum Gasteiger partial charge on any atom is -0.394 e. The van der Waals surface area contributed by atoms with Crippen LogP contribution in [0, 0.1) is 0 Å². The largest absolute Gasteiger partial charge is 0.394 e. The molecule has 4 atom stereocenters. The van der Waals surface area contributed by atoms with Crippen molar-refractivity contribution >= 4 is 0 Å². The molecule has 5 nitrogen and oxygen atoms in total. The standard InChI is InChI=1S/C9H19NO4/c1-3-10(2)4-6-8(12)9(13)7(5-11)14-6/h6-9,11-13H,3-5H2,1-2H3/t6-,7+,8+,9+/m0/s1. The number of rotatable bonds is 4. The highest BCUT2D eigenvalue weighted by atomic mass is 16.6. The molecule has 0 spiro atoms. The van der Waals surface area contributed by atoms with E-state index in [1.807, 2.05) is 18.9 Å². The summed E-state index contributed by atoms with van der Waals surface area (Å²) in [5.41, 5.74) is 0. The molecule has 0 aromatic rings. The molecule has 84 valence electrons. The van der Waals surface area contributed by atoms with Crippen molar-refractivity contribution in [2.45, 2.75) is 31.3 Å². The highest BCUT2D eigenvalue weighted by Gasteiger charge is 2.42. The van der Waals surface area contributed by atoms with Gasteiger partial charge in [0.25, 0.3) is 0 Å². The molecule has 0 bridgehead atoms. The lowest BCUT2D eigenvalue weighted by molar-refractivity contribution is -0.0294. The summed E-state index contributed by atoms with van der Waals surface area (Å²) in [7, 11) is 1.91. The van der Waals surface area contributed by atoms with Crippen LogP contribution in [0.5, 0.6) is 0 Å². The van der Waals surface area contributed by atoms with E-state index in [1.54, 1.807) is 0 Å². The van der Waals surface area contributed by atoms with Crippen molar-refractivity contribution in [1.29, 1.82) is 0 Å². The Morgan fingerprint density at radius 1 is 1.21 bits per heavy atom. The van der Waals surface area contributed by atoms with Gasteiger partial charge in [0.05, 0.1) is 12.7 Å². The van der Waals surface area contributed by atoms with Gasteiger partial charge in [-0.25, -0.2) is 0 Å². The highest BCUT2D eigenvalue weighted by Crippen LogP contribution is 2.21. The average Bonchev–Trinajstić information content (AvgIpc) is 2.45. The van der Waals surface area contributed by atoms with E-state index in [0.29, 0.717) is 6.54 Å². The third kappa shape index (κ3) is 2.43. The summed E-state index contributed by atoms with van der Waals surface area (Å²) in [6.07, 6.45) is -2.94. The normalized spacial score (nSPS) is 38.1. The summed E-state index contributed by atoms with van der Waals surface area (Å²) >= 11 is 0. The van der Waals surface area contributed by atoms with Gasteiger partial charge in [-0.1, -0.05) is 6.92 Å². The number of nitrogens with zero attached hydrogens (tertiary/aromatic N) is 1. The second kappa shape index (κ2) is 5.04. The molecule has 0 unspecified atom stereocenters. The summed E-state index contributed by atoms with van der Waals surface area (Å²) < 4.78 is 5.32. The maximum absolute atomic E-state index is 9.59. The Bertz CT molecular complexity index is 176. The van der Waals surface area contributed by atoms with Gasteiger partial charge in [-0.3, -0.25) is 0 Å². The summed E-state index contributed by atoms with van der Waals surface area (Å²) in [5, 5.41) is 27.9. The average molecular weight is 205 g/mol. The van der Waals surface area contributed by atoms with Crippen molar-refractivity contribution in [3.8, 4) is 0 Å². The molecule has 0 aromatic carbocycles. The number of aliphatic hydroxyl groups excluding tert-OH is 3. The number of ether oxygens (including phenoxy) is 1. The first-order chi connectivity index (χ1) is 6.60. The third-order valence-corrected chi connectivity index (χ3v) is 2.67. The lowest BCUT2D eigenvalue weighted by Crippen LogP contribution is -2.38. The van der Waals surface area contributed by atoms with Gasteiger partial charge in [0.2, 0.25) is 0 Å². The van der Waals surface area contributed by atoms with E-state index in [2.05, 4.69) is 0 Å². The third-order valence-electron chi connectivity index (χ3n) is 2.67. The van der Waals surface area contributed by atoms with Crippen molar-refractivity contribution in [2.24, 2.45) is 0 Å². The molecule has 0 radical (unpaired) electrons. The molecular formula is C9H19NO4. The molecule has 0 amide bonds. The summed E-state index contributed by atoms with van der Waals surface area (Å²) in [5.74, 6) is 0. The van der Waals surface area contributed by atoms with Gasteiger partial charge < -0.3 is 25.0 Å². The topological polar surface area (TPSA) is 73.2 Å². The van der Waals surface area contributed by atoms with Gasteiger partial charge >= 0.3 is 0 Å². The summed E-state index contributed by atoms with van der Waals surface area (Å²) in [6, 6.07) is 0. The maximum atomic E-state index is 9.59. The molecule has 1 heterocycles. The van der Waals surface area contributed by atoms with Crippen LogP contribution in [0.1, 0.15) is 6.92 Å². The van der Waals surface area contributed by atoms with Crippen LogP contribution in [-0.4, -0.2) is 71.4 Å². The quantitative estimate of drug-likeness (QED) is 0.516. The van der Waals surface area contributed by atoms with Gasteiger partial charge in [-0.05, 0) is 13.6 Å². The molecule has 1 aliphatic heterocycles. The van der Waals surface area contributed by atoms with E-state index in [1.165, 1.54) is 0 Å². The predicted octanol–water partition coefficient (Wildman–Crippen LogP) is -1.58. The first-order valence-electron chi connectivity index (χ1n) is 4.91. The maximum Gasteiger partial charge on any atom is 0.111 e. The number of aliphatic hydroxyl groups is 3. The summed E-state index contributed by atoms with van der Waals surface area (Å²) in [6.45, 7) is 3.16. The molecule has 0 aliphatic carbocycles. The van der Waals surface area contributed by atoms with Crippen molar-refractivity contribution in [2.75, 3.05) is 26.7 Å². The van der Waals surface area contributed by atoms with Gasteiger partial charge in [-0.2, -0.15) is 0 Å². The zero-order valence-corrected chi connectivity index (χ0v) is 8.63. The monoisotopic (exact) mass is 205 g/mol. The van der Waals surface area contributed by atoms with Crippen molar-refractivity contribution < 1.29 is 20.1 Å². The van der Waals surface area contributed by atoms with Crippen LogP contribution in [0.15, 0.2) is 0 Å². The molecule has 5 heteroatoms.